The normalized spacial score (nSPS) is 10.4. The smallest absolute Gasteiger partial charge is 0.308 e. The summed E-state index contributed by atoms with van der Waals surface area (Å²) in [6.45, 7) is 0. The zero-order valence-corrected chi connectivity index (χ0v) is 12.8. The lowest BCUT2D eigenvalue weighted by Gasteiger charge is -2.05. The van der Waals surface area contributed by atoms with Crippen molar-refractivity contribution in [3.8, 4) is 11.4 Å². The Morgan fingerprint density at radius 3 is 2.46 bits per heavy atom. The van der Waals surface area contributed by atoms with E-state index in [1.807, 2.05) is 0 Å². The number of aromatic nitrogens is 4. The summed E-state index contributed by atoms with van der Waals surface area (Å²) >= 11 is 5.81. The molecule has 0 spiro atoms. The Balaban J connectivity index is 1.87. The zero-order valence-electron chi connectivity index (χ0n) is 12.0. The van der Waals surface area contributed by atoms with Crippen LogP contribution in [0.3, 0.4) is 0 Å². The van der Waals surface area contributed by atoms with Gasteiger partial charge in [0, 0.05) is 23.0 Å². The highest BCUT2D eigenvalue weighted by Crippen LogP contribution is 2.16. The molecule has 0 aliphatic carbocycles. The van der Waals surface area contributed by atoms with Gasteiger partial charge in [-0.3, -0.25) is 14.6 Å². The monoisotopic (exact) mass is 343 g/mol. The maximum atomic E-state index is 12.1. The molecule has 0 unspecified atom stereocenters. The summed E-state index contributed by atoms with van der Waals surface area (Å²) in [5.74, 6) is -0.264. The minimum atomic E-state index is -0.701. The van der Waals surface area contributed by atoms with E-state index in [9.17, 15) is 14.4 Å². The number of hydrogen-bond donors (Lipinski definition) is 3. The van der Waals surface area contributed by atoms with Crippen molar-refractivity contribution in [2.75, 3.05) is 5.32 Å². The van der Waals surface area contributed by atoms with Crippen LogP contribution in [0.2, 0.25) is 5.02 Å². The van der Waals surface area contributed by atoms with Crippen LogP contribution >= 0.6 is 11.6 Å². The Labute approximate surface area is 139 Å². The highest BCUT2D eigenvalue weighted by molar-refractivity contribution is 6.30. The van der Waals surface area contributed by atoms with Crippen molar-refractivity contribution in [1.82, 2.24) is 19.9 Å². The molecule has 0 aliphatic heterocycles. The largest absolute Gasteiger partial charge is 0.346 e. The van der Waals surface area contributed by atoms with Crippen LogP contribution in [0.4, 0.5) is 5.82 Å². The molecule has 120 valence electrons. The molecule has 0 saturated carbocycles. The lowest BCUT2D eigenvalue weighted by Crippen LogP contribution is -2.25. The summed E-state index contributed by atoms with van der Waals surface area (Å²) < 4.78 is 0. The topological polar surface area (TPSA) is 121 Å². The van der Waals surface area contributed by atoms with Gasteiger partial charge in [0.05, 0.1) is 0 Å². The van der Waals surface area contributed by atoms with E-state index in [0.717, 1.165) is 6.20 Å². The van der Waals surface area contributed by atoms with Crippen LogP contribution in [-0.2, 0) is 0 Å². The third-order valence-electron chi connectivity index (χ3n) is 3.08. The van der Waals surface area contributed by atoms with Crippen molar-refractivity contribution in [3.63, 3.8) is 0 Å². The Bertz CT molecular complexity index is 1010. The molecule has 1 aromatic carbocycles. The number of amides is 1. The van der Waals surface area contributed by atoms with Crippen LogP contribution in [0.15, 0.2) is 52.3 Å². The van der Waals surface area contributed by atoms with Crippen molar-refractivity contribution >= 4 is 23.3 Å². The number of hydrogen-bond acceptors (Lipinski definition) is 5. The van der Waals surface area contributed by atoms with Gasteiger partial charge in [-0.1, -0.05) is 11.6 Å². The number of halogens is 1. The second kappa shape index (κ2) is 6.47. The molecule has 2 aromatic heterocycles. The summed E-state index contributed by atoms with van der Waals surface area (Å²) in [7, 11) is 0. The summed E-state index contributed by atoms with van der Waals surface area (Å²) in [5.41, 5.74) is -0.755. The van der Waals surface area contributed by atoms with Crippen LogP contribution < -0.4 is 16.6 Å². The van der Waals surface area contributed by atoms with Gasteiger partial charge >= 0.3 is 5.69 Å². The first-order chi connectivity index (χ1) is 11.5. The number of rotatable bonds is 3. The molecule has 9 heteroatoms. The first-order valence-electron chi connectivity index (χ1n) is 6.75. The van der Waals surface area contributed by atoms with Crippen molar-refractivity contribution < 1.29 is 4.79 Å². The molecule has 3 rings (SSSR count). The van der Waals surface area contributed by atoms with Crippen molar-refractivity contribution in [2.24, 2.45) is 0 Å². The predicted molar refractivity (Wildman–Crippen MR) is 88.1 cm³/mol. The van der Waals surface area contributed by atoms with Crippen molar-refractivity contribution in [1.29, 1.82) is 0 Å². The highest BCUT2D eigenvalue weighted by Gasteiger charge is 2.13. The zero-order chi connectivity index (χ0) is 17.1. The van der Waals surface area contributed by atoms with Gasteiger partial charge in [0.25, 0.3) is 11.5 Å². The van der Waals surface area contributed by atoms with E-state index in [0.29, 0.717) is 16.4 Å². The van der Waals surface area contributed by atoms with Crippen molar-refractivity contribution in [2.45, 2.75) is 0 Å². The maximum absolute atomic E-state index is 12.1. The molecule has 3 N–H and O–H groups in total. The minimum Gasteiger partial charge on any atom is -0.308 e. The van der Waals surface area contributed by atoms with Gasteiger partial charge in [-0.25, -0.2) is 14.8 Å². The number of carbonyl (C=O) groups excluding carboxylic acids is 1. The Hall–Kier alpha value is -3.26. The Morgan fingerprint density at radius 1 is 1.04 bits per heavy atom. The summed E-state index contributed by atoms with van der Waals surface area (Å²) in [6, 6.07) is 8.11. The standard InChI is InChI=1S/C15H10ClN5O3/c16-9-3-1-8(2-4-9)12-18-7-10(14(23)21-12)13(22)19-11-5-6-17-15(24)20-11/h1-7H,(H,18,21,23)(H2,17,19,20,22,24). The first kappa shape index (κ1) is 15.6. The SMILES string of the molecule is O=C(Nc1ccnc(=O)[nH]1)c1cnc(-c2ccc(Cl)cc2)[nH]c1=O. The van der Waals surface area contributed by atoms with E-state index in [-0.39, 0.29) is 11.4 Å². The Morgan fingerprint density at radius 2 is 1.79 bits per heavy atom. The van der Waals surface area contributed by atoms with Crippen LogP contribution in [0, 0.1) is 0 Å². The van der Waals surface area contributed by atoms with Crippen molar-refractivity contribution in [3.05, 3.63) is 74.1 Å². The molecule has 1 amide bonds. The van der Waals surface area contributed by atoms with E-state index in [1.54, 1.807) is 24.3 Å². The third kappa shape index (κ3) is 3.39. The minimum absolute atomic E-state index is 0.126. The molecular formula is C15H10ClN5O3. The van der Waals surface area contributed by atoms with Gasteiger partial charge in [0.2, 0.25) is 0 Å². The predicted octanol–water partition coefficient (Wildman–Crippen LogP) is 1.43. The molecule has 24 heavy (non-hydrogen) atoms. The third-order valence-corrected chi connectivity index (χ3v) is 3.34. The molecule has 0 radical (unpaired) electrons. The number of benzene rings is 1. The fourth-order valence-corrected chi connectivity index (χ4v) is 2.07. The maximum Gasteiger partial charge on any atom is 0.346 e. The fraction of sp³-hybridized carbons (Fsp3) is 0. The van der Waals surface area contributed by atoms with Crippen LogP contribution in [-0.4, -0.2) is 25.8 Å². The van der Waals surface area contributed by atoms with E-state index in [1.165, 1.54) is 12.3 Å². The van der Waals surface area contributed by atoms with Crippen LogP contribution in [0.5, 0.6) is 0 Å². The molecule has 0 fully saturated rings. The second-order valence-corrected chi connectivity index (χ2v) is 5.16. The molecule has 8 nitrogen and oxygen atoms in total. The summed E-state index contributed by atoms with van der Waals surface area (Å²) in [6.07, 6.45) is 2.40. The quantitative estimate of drug-likeness (QED) is 0.664. The number of H-pyrrole nitrogens is 2. The van der Waals surface area contributed by atoms with Gasteiger partial charge < -0.3 is 10.3 Å². The molecular weight excluding hydrogens is 334 g/mol. The van der Waals surface area contributed by atoms with E-state index < -0.39 is 17.2 Å². The summed E-state index contributed by atoms with van der Waals surface area (Å²) in [5, 5.41) is 2.95. The fourth-order valence-electron chi connectivity index (χ4n) is 1.94. The molecule has 0 aliphatic rings. The molecule has 0 bridgehead atoms. The molecule has 2 heterocycles. The molecule has 3 aromatic rings. The first-order valence-corrected chi connectivity index (χ1v) is 7.12. The van der Waals surface area contributed by atoms with E-state index >= 15 is 0 Å². The second-order valence-electron chi connectivity index (χ2n) is 4.72. The lowest BCUT2D eigenvalue weighted by molar-refractivity contribution is 0.102. The van der Waals surface area contributed by atoms with E-state index in [2.05, 4.69) is 25.3 Å². The summed E-state index contributed by atoms with van der Waals surface area (Å²) in [4.78, 5) is 47.7. The number of aromatic amines is 2. The van der Waals surface area contributed by atoms with Gasteiger partial charge in [0.1, 0.15) is 17.2 Å². The number of carbonyl (C=O) groups is 1. The van der Waals surface area contributed by atoms with E-state index in [4.69, 9.17) is 11.6 Å². The van der Waals surface area contributed by atoms with Gasteiger partial charge in [0.15, 0.2) is 0 Å². The van der Waals surface area contributed by atoms with Crippen LogP contribution in [0.1, 0.15) is 10.4 Å². The van der Waals surface area contributed by atoms with Gasteiger partial charge in [-0.2, -0.15) is 0 Å². The highest BCUT2D eigenvalue weighted by atomic mass is 35.5. The Kier molecular flexibility index (Phi) is 4.21. The average molecular weight is 344 g/mol. The lowest BCUT2D eigenvalue weighted by atomic mass is 10.2. The average Bonchev–Trinajstić information content (AvgIpc) is 2.55. The number of nitrogens with one attached hydrogen (secondary N) is 3. The molecule has 0 atom stereocenters. The van der Waals surface area contributed by atoms with Gasteiger partial charge in [-0.15, -0.1) is 0 Å². The number of nitrogens with zero attached hydrogens (tertiary/aromatic N) is 2. The molecule has 0 saturated heterocycles. The van der Waals surface area contributed by atoms with Gasteiger partial charge in [-0.05, 0) is 30.3 Å². The van der Waals surface area contributed by atoms with Crippen LogP contribution in [0.25, 0.3) is 11.4 Å². The number of anilines is 1.